The lowest BCUT2D eigenvalue weighted by molar-refractivity contribution is 0.368. The van der Waals surface area contributed by atoms with Gasteiger partial charge in [0.25, 0.3) is 0 Å². The zero-order valence-electron chi connectivity index (χ0n) is 8.96. The Morgan fingerprint density at radius 1 is 1.54 bits per heavy atom. The van der Waals surface area contributed by atoms with Gasteiger partial charge in [0, 0.05) is 19.1 Å². The van der Waals surface area contributed by atoms with Gasteiger partial charge in [-0.15, -0.1) is 0 Å². The van der Waals surface area contributed by atoms with Gasteiger partial charge in [0.2, 0.25) is 5.96 Å². The molecule has 5 heteroatoms. The largest absolute Gasteiger partial charge is 0.352 e. The summed E-state index contributed by atoms with van der Waals surface area (Å²) in [6.45, 7) is 5.73. The molecule has 0 radical (unpaired) electrons. The first-order valence-corrected chi connectivity index (χ1v) is 4.52. The van der Waals surface area contributed by atoms with Crippen LogP contribution in [-0.4, -0.2) is 44.1 Å². The van der Waals surface area contributed by atoms with Crippen molar-refractivity contribution in [2.24, 2.45) is 10.8 Å². The summed E-state index contributed by atoms with van der Waals surface area (Å²) >= 11 is 0. The van der Waals surface area contributed by atoms with Crippen LogP contribution in [0.25, 0.3) is 0 Å². The van der Waals surface area contributed by atoms with Crippen LogP contribution in [0.1, 0.15) is 13.8 Å². The molecular weight excluding hydrogens is 166 g/mol. The van der Waals surface area contributed by atoms with Gasteiger partial charge < -0.3 is 10.2 Å². The minimum absolute atomic E-state index is 0.330. The zero-order valence-corrected chi connectivity index (χ0v) is 8.96. The molecule has 0 amide bonds. The predicted octanol–water partition coefficient (Wildman–Crippen LogP) is -0.635. The first kappa shape index (κ1) is 12.2. The molecule has 5 nitrogen and oxygen atoms in total. The number of hydrazine groups is 1. The van der Waals surface area contributed by atoms with Crippen molar-refractivity contribution < 1.29 is 0 Å². The average molecular weight is 187 g/mol. The maximum Gasteiger partial charge on any atom is 0.205 e. The molecule has 78 valence electrons. The molecule has 0 bridgehead atoms. The van der Waals surface area contributed by atoms with Gasteiger partial charge in [0.05, 0.1) is 0 Å². The van der Waals surface area contributed by atoms with Crippen LogP contribution >= 0.6 is 0 Å². The van der Waals surface area contributed by atoms with Crippen molar-refractivity contribution in [3.63, 3.8) is 0 Å². The van der Waals surface area contributed by atoms with Crippen LogP contribution in [0.5, 0.6) is 0 Å². The number of rotatable bonds is 4. The van der Waals surface area contributed by atoms with Crippen molar-refractivity contribution >= 4 is 5.96 Å². The molecule has 0 saturated heterocycles. The van der Waals surface area contributed by atoms with E-state index in [1.807, 2.05) is 21.0 Å². The van der Waals surface area contributed by atoms with E-state index < -0.39 is 0 Å². The van der Waals surface area contributed by atoms with Crippen LogP contribution in [0.3, 0.4) is 0 Å². The van der Waals surface area contributed by atoms with E-state index in [0.29, 0.717) is 12.0 Å². The van der Waals surface area contributed by atoms with Gasteiger partial charge in [-0.25, -0.2) is 5.84 Å². The standard InChI is InChI=1S/C8H21N5/c1-5-10-8(12-9)11-7(2)6-13(3)4/h7H,5-6,9H2,1-4H3,(H2,10,11,12). The zero-order chi connectivity index (χ0) is 10.3. The summed E-state index contributed by atoms with van der Waals surface area (Å²) in [5, 5.41) is 3.17. The molecule has 0 aromatic heterocycles. The normalized spacial score (nSPS) is 14.5. The Labute approximate surface area is 80.4 Å². The summed E-state index contributed by atoms with van der Waals surface area (Å²) < 4.78 is 0. The third-order valence-electron chi connectivity index (χ3n) is 1.48. The molecule has 0 saturated carbocycles. The summed E-state index contributed by atoms with van der Waals surface area (Å²) in [5.41, 5.74) is 2.53. The molecule has 0 fully saturated rings. The van der Waals surface area contributed by atoms with Crippen molar-refractivity contribution in [2.75, 3.05) is 27.2 Å². The molecular formula is C8H21N5. The summed E-state index contributed by atoms with van der Waals surface area (Å²) in [6, 6.07) is 0.330. The van der Waals surface area contributed by atoms with Gasteiger partial charge in [-0.2, -0.15) is 0 Å². The molecule has 13 heavy (non-hydrogen) atoms. The highest BCUT2D eigenvalue weighted by Crippen LogP contribution is 1.84. The summed E-state index contributed by atoms with van der Waals surface area (Å²) in [7, 11) is 4.06. The molecule has 0 heterocycles. The van der Waals surface area contributed by atoms with E-state index >= 15 is 0 Å². The van der Waals surface area contributed by atoms with Crippen molar-refractivity contribution in [3.8, 4) is 0 Å². The van der Waals surface area contributed by atoms with Gasteiger partial charge >= 0.3 is 0 Å². The van der Waals surface area contributed by atoms with Gasteiger partial charge in [-0.05, 0) is 27.9 Å². The number of hydrogen-bond acceptors (Lipinski definition) is 3. The number of nitrogens with zero attached hydrogens (tertiary/aromatic N) is 2. The lowest BCUT2D eigenvalue weighted by atomic mass is 10.3. The Bertz CT molecular complexity index is 155. The summed E-state index contributed by atoms with van der Waals surface area (Å²) in [5.74, 6) is 5.93. The molecule has 0 aliphatic carbocycles. The quantitative estimate of drug-likeness (QED) is 0.237. The molecule has 1 unspecified atom stereocenters. The van der Waals surface area contributed by atoms with Crippen molar-refractivity contribution in [2.45, 2.75) is 19.9 Å². The fourth-order valence-electron chi connectivity index (χ4n) is 1.12. The highest BCUT2D eigenvalue weighted by atomic mass is 15.3. The van der Waals surface area contributed by atoms with Crippen molar-refractivity contribution in [1.29, 1.82) is 0 Å². The number of nitrogens with two attached hydrogens (primary N) is 1. The number of guanidine groups is 1. The second kappa shape index (κ2) is 6.68. The average Bonchev–Trinajstić information content (AvgIpc) is 2.02. The van der Waals surface area contributed by atoms with E-state index in [-0.39, 0.29) is 0 Å². The van der Waals surface area contributed by atoms with Crippen LogP contribution in [0.15, 0.2) is 4.99 Å². The van der Waals surface area contributed by atoms with Gasteiger partial charge in [-0.1, -0.05) is 0 Å². The second-order valence-corrected chi connectivity index (χ2v) is 3.27. The molecule has 1 atom stereocenters. The van der Waals surface area contributed by atoms with Crippen LogP contribution in [-0.2, 0) is 0 Å². The third kappa shape index (κ3) is 6.36. The van der Waals surface area contributed by atoms with Gasteiger partial charge in [0.15, 0.2) is 0 Å². The third-order valence-corrected chi connectivity index (χ3v) is 1.48. The Balaban J connectivity index is 3.86. The summed E-state index contributed by atoms with van der Waals surface area (Å²) in [4.78, 5) is 6.25. The van der Waals surface area contributed by atoms with E-state index in [9.17, 15) is 0 Å². The lowest BCUT2D eigenvalue weighted by Gasteiger charge is -2.19. The Kier molecular flexibility index (Phi) is 6.26. The Morgan fingerprint density at radius 2 is 2.15 bits per heavy atom. The van der Waals surface area contributed by atoms with E-state index in [1.165, 1.54) is 0 Å². The van der Waals surface area contributed by atoms with Crippen molar-refractivity contribution in [1.82, 2.24) is 15.6 Å². The van der Waals surface area contributed by atoms with Crippen molar-refractivity contribution in [3.05, 3.63) is 0 Å². The second-order valence-electron chi connectivity index (χ2n) is 3.27. The van der Waals surface area contributed by atoms with E-state index in [2.05, 4.69) is 27.6 Å². The van der Waals surface area contributed by atoms with E-state index in [0.717, 1.165) is 13.1 Å². The number of hydrogen-bond donors (Lipinski definition) is 3. The minimum atomic E-state index is 0.330. The lowest BCUT2D eigenvalue weighted by Crippen LogP contribution is -2.48. The highest BCUT2D eigenvalue weighted by Gasteiger charge is 2.04. The smallest absolute Gasteiger partial charge is 0.205 e. The fraction of sp³-hybridized carbons (Fsp3) is 0.875. The Morgan fingerprint density at radius 3 is 2.54 bits per heavy atom. The fourth-order valence-corrected chi connectivity index (χ4v) is 1.12. The minimum Gasteiger partial charge on any atom is -0.352 e. The molecule has 0 aliphatic heterocycles. The molecule has 0 aromatic carbocycles. The van der Waals surface area contributed by atoms with Crippen LogP contribution in [0, 0.1) is 0 Å². The van der Waals surface area contributed by atoms with E-state index in [1.54, 1.807) is 0 Å². The summed E-state index contributed by atoms with van der Waals surface area (Å²) in [6.07, 6.45) is 0. The van der Waals surface area contributed by atoms with Gasteiger partial charge in [0.1, 0.15) is 0 Å². The molecule has 0 aromatic rings. The molecule has 0 rings (SSSR count). The van der Waals surface area contributed by atoms with Crippen LogP contribution in [0.4, 0.5) is 0 Å². The number of nitrogens with one attached hydrogen (secondary N) is 2. The Hall–Kier alpha value is -0.810. The molecule has 0 spiro atoms. The monoisotopic (exact) mass is 187 g/mol. The maximum atomic E-state index is 5.28. The van der Waals surface area contributed by atoms with E-state index in [4.69, 9.17) is 5.84 Å². The molecule has 0 aliphatic rings. The first-order chi connectivity index (χ1) is 6.10. The highest BCUT2D eigenvalue weighted by molar-refractivity contribution is 5.79. The number of aliphatic imine (C=N–C) groups is 1. The predicted molar refractivity (Wildman–Crippen MR) is 56.5 cm³/mol. The van der Waals surface area contributed by atoms with Crippen LogP contribution in [0.2, 0.25) is 0 Å². The topological polar surface area (TPSA) is 65.7 Å². The van der Waals surface area contributed by atoms with Gasteiger partial charge in [-0.3, -0.25) is 10.4 Å². The van der Waals surface area contributed by atoms with Crippen LogP contribution < -0.4 is 16.6 Å². The first-order valence-electron chi connectivity index (χ1n) is 4.52. The maximum absolute atomic E-state index is 5.28. The molecule has 4 N–H and O–H groups in total. The number of likely N-dealkylation sites (N-methyl/N-ethyl adjacent to an activating group) is 1. The SMILES string of the molecule is CCN=C(NN)NC(C)CN(C)C.